The summed E-state index contributed by atoms with van der Waals surface area (Å²) in [6, 6.07) is 0. The van der Waals surface area contributed by atoms with Gasteiger partial charge in [-0.3, -0.25) is 4.79 Å². The maximum Gasteiger partial charge on any atom is 0.410 e. The molecule has 0 aromatic rings. The number of hydrogen-bond acceptors (Lipinski definition) is 5. The fourth-order valence-electron chi connectivity index (χ4n) is 2.78. The number of rotatable bonds is 5. The average molecular weight is 355 g/mol. The Labute approximate surface area is 151 Å². The predicted molar refractivity (Wildman–Crippen MR) is 96.1 cm³/mol. The average Bonchev–Trinajstić information content (AvgIpc) is 2.89. The van der Waals surface area contributed by atoms with Crippen molar-refractivity contribution < 1.29 is 24.2 Å². The van der Waals surface area contributed by atoms with Crippen LogP contribution >= 0.6 is 0 Å². The number of esters is 1. The number of allylic oxidation sites excluding steroid dienone is 1. The summed E-state index contributed by atoms with van der Waals surface area (Å²) in [6.07, 6.45) is 4.30. The quantitative estimate of drug-likeness (QED) is 0.606. The van der Waals surface area contributed by atoms with Gasteiger partial charge in [0.05, 0.1) is 12.5 Å². The molecule has 0 radical (unpaired) electrons. The molecular formula is C19H33NO5. The summed E-state index contributed by atoms with van der Waals surface area (Å²) in [6.45, 7) is 12.0. The molecular weight excluding hydrogens is 322 g/mol. The zero-order chi connectivity index (χ0) is 19.3. The highest BCUT2D eigenvalue weighted by Gasteiger charge is 2.38. The summed E-state index contributed by atoms with van der Waals surface area (Å²) in [4.78, 5) is 26.5. The van der Waals surface area contributed by atoms with Gasteiger partial charge in [-0.15, -0.1) is 0 Å². The van der Waals surface area contributed by atoms with Gasteiger partial charge < -0.3 is 19.5 Å². The molecule has 6 heteroatoms. The minimum atomic E-state index is -0.556. The zero-order valence-electron chi connectivity index (χ0n) is 16.4. The van der Waals surface area contributed by atoms with Crippen LogP contribution in [0.2, 0.25) is 0 Å². The van der Waals surface area contributed by atoms with Gasteiger partial charge in [0.25, 0.3) is 0 Å². The first-order valence-electron chi connectivity index (χ1n) is 8.89. The summed E-state index contributed by atoms with van der Waals surface area (Å²) in [5, 5.41) is 8.92. The van der Waals surface area contributed by atoms with Gasteiger partial charge in [0, 0.05) is 13.1 Å². The van der Waals surface area contributed by atoms with Gasteiger partial charge in [-0.25, -0.2) is 4.79 Å². The molecule has 6 nitrogen and oxygen atoms in total. The number of amides is 1. The molecule has 0 spiro atoms. The topological polar surface area (TPSA) is 76.1 Å². The number of aliphatic hydroxyl groups is 1. The van der Waals surface area contributed by atoms with Crippen molar-refractivity contribution in [3.63, 3.8) is 0 Å². The lowest BCUT2D eigenvalue weighted by Gasteiger charge is -2.27. The Morgan fingerprint density at radius 2 is 1.72 bits per heavy atom. The fraction of sp³-hybridized carbons (Fsp3) is 0.789. The lowest BCUT2D eigenvalue weighted by molar-refractivity contribution is -0.161. The molecule has 1 amide bonds. The molecule has 2 atom stereocenters. The summed E-state index contributed by atoms with van der Waals surface area (Å²) in [5.74, 6) is -0.577. The van der Waals surface area contributed by atoms with Crippen LogP contribution in [0, 0.1) is 11.8 Å². The lowest BCUT2D eigenvalue weighted by Crippen LogP contribution is -2.37. The molecule has 1 N–H and O–H groups in total. The number of carbonyl (C=O) groups excluding carboxylic acids is 2. The van der Waals surface area contributed by atoms with E-state index in [1.807, 2.05) is 41.5 Å². The molecule has 0 saturated carbocycles. The van der Waals surface area contributed by atoms with E-state index in [2.05, 4.69) is 0 Å². The summed E-state index contributed by atoms with van der Waals surface area (Å²) >= 11 is 0. The van der Waals surface area contributed by atoms with E-state index in [9.17, 15) is 9.59 Å². The van der Waals surface area contributed by atoms with Crippen LogP contribution in [0.5, 0.6) is 0 Å². The number of hydrogen-bond donors (Lipinski definition) is 1. The number of aliphatic hydroxyl groups excluding tert-OH is 1. The molecule has 0 aromatic carbocycles. The minimum Gasteiger partial charge on any atom is -0.460 e. The van der Waals surface area contributed by atoms with Crippen molar-refractivity contribution in [3.8, 4) is 0 Å². The van der Waals surface area contributed by atoms with Gasteiger partial charge >= 0.3 is 12.1 Å². The Morgan fingerprint density at radius 1 is 1.12 bits per heavy atom. The van der Waals surface area contributed by atoms with Crippen molar-refractivity contribution in [1.29, 1.82) is 0 Å². The molecule has 1 rings (SSSR count). The van der Waals surface area contributed by atoms with Gasteiger partial charge in [0.15, 0.2) is 0 Å². The standard InChI is InChI=1S/C19H33NO5/c1-18(2,3)24-16(22)15(9-7-8-12-21)14-10-11-20(13-14)17(23)25-19(4,5)6/h7-8,14-15,21H,9-13H2,1-6H3/b8-7+/t14-,15-/m0/s1. The minimum absolute atomic E-state index is 0.0192. The SMILES string of the molecule is CC(C)(C)OC(=O)[C@@H](C/C=C/CO)[C@H]1CCN(C(=O)OC(C)(C)C)C1. The van der Waals surface area contributed by atoms with Crippen LogP contribution in [0.25, 0.3) is 0 Å². The third-order valence-corrected chi connectivity index (χ3v) is 3.82. The molecule has 1 fully saturated rings. The van der Waals surface area contributed by atoms with Crippen LogP contribution in [-0.2, 0) is 14.3 Å². The summed E-state index contributed by atoms with van der Waals surface area (Å²) in [7, 11) is 0. The van der Waals surface area contributed by atoms with E-state index in [0.29, 0.717) is 19.5 Å². The first-order chi connectivity index (χ1) is 11.4. The Bertz CT molecular complexity index is 487. The number of ether oxygens (including phenoxy) is 2. The van der Waals surface area contributed by atoms with Gasteiger partial charge in [-0.1, -0.05) is 12.2 Å². The number of nitrogens with zero attached hydrogens (tertiary/aromatic N) is 1. The van der Waals surface area contributed by atoms with Crippen molar-refractivity contribution in [2.24, 2.45) is 11.8 Å². The van der Waals surface area contributed by atoms with Gasteiger partial charge in [-0.05, 0) is 60.3 Å². The van der Waals surface area contributed by atoms with Crippen LogP contribution in [0.4, 0.5) is 4.79 Å². The fourth-order valence-corrected chi connectivity index (χ4v) is 2.78. The van der Waals surface area contributed by atoms with E-state index in [1.165, 1.54) is 0 Å². The maximum absolute atomic E-state index is 12.6. The zero-order valence-corrected chi connectivity index (χ0v) is 16.4. The van der Waals surface area contributed by atoms with Crippen LogP contribution < -0.4 is 0 Å². The molecule has 0 aromatic heterocycles. The third-order valence-electron chi connectivity index (χ3n) is 3.82. The number of likely N-dealkylation sites (tertiary alicyclic amines) is 1. The van der Waals surface area contributed by atoms with Crippen LogP contribution in [0.1, 0.15) is 54.4 Å². The van der Waals surface area contributed by atoms with Crippen molar-refractivity contribution >= 4 is 12.1 Å². The molecule has 1 heterocycles. The van der Waals surface area contributed by atoms with Gasteiger partial charge in [-0.2, -0.15) is 0 Å². The Hall–Kier alpha value is -1.56. The molecule has 144 valence electrons. The second-order valence-electron chi connectivity index (χ2n) is 8.50. The summed E-state index contributed by atoms with van der Waals surface area (Å²) < 4.78 is 11.0. The molecule has 1 aliphatic heterocycles. The molecule has 0 bridgehead atoms. The first kappa shape index (κ1) is 21.5. The van der Waals surface area contributed by atoms with Crippen LogP contribution in [0.15, 0.2) is 12.2 Å². The van der Waals surface area contributed by atoms with Gasteiger partial charge in [0.1, 0.15) is 11.2 Å². The highest BCUT2D eigenvalue weighted by Crippen LogP contribution is 2.30. The second-order valence-corrected chi connectivity index (χ2v) is 8.50. The number of carbonyl (C=O) groups is 2. The van der Waals surface area contributed by atoms with E-state index in [4.69, 9.17) is 14.6 Å². The molecule has 1 saturated heterocycles. The first-order valence-corrected chi connectivity index (χ1v) is 8.89. The highest BCUT2D eigenvalue weighted by atomic mass is 16.6. The van der Waals surface area contributed by atoms with Gasteiger partial charge in [0.2, 0.25) is 0 Å². The largest absolute Gasteiger partial charge is 0.460 e. The van der Waals surface area contributed by atoms with E-state index >= 15 is 0 Å². The van der Waals surface area contributed by atoms with Crippen molar-refractivity contribution in [2.45, 2.75) is 65.6 Å². The Balaban J connectivity index is 2.77. The van der Waals surface area contributed by atoms with E-state index in [-0.39, 0.29) is 30.5 Å². The highest BCUT2D eigenvalue weighted by molar-refractivity contribution is 5.74. The predicted octanol–water partition coefficient (Wildman–Crippen LogP) is 3.14. The maximum atomic E-state index is 12.6. The summed E-state index contributed by atoms with van der Waals surface area (Å²) in [5.41, 5.74) is -1.09. The van der Waals surface area contributed by atoms with Crippen molar-refractivity contribution in [1.82, 2.24) is 4.90 Å². The van der Waals surface area contributed by atoms with Crippen molar-refractivity contribution in [3.05, 3.63) is 12.2 Å². The monoisotopic (exact) mass is 355 g/mol. The smallest absolute Gasteiger partial charge is 0.410 e. The Morgan fingerprint density at radius 3 is 2.24 bits per heavy atom. The lowest BCUT2D eigenvalue weighted by atomic mass is 9.88. The van der Waals surface area contributed by atoms with Crippen molar-refractivity contribution in [2.75, 3.05) is 19.7 Å². The Kier molecular flexibility index (Phi) is 7.47. The van der Waals surface area contributed by atoms with E-state index in [0.717, 1.165) is 6.42 Å². The molecule has 1 aliphatic rings. The van der Waals surface area contributed by atoms with E-state index < -0.39 is 11.2 Å². The molecule has 0 aliphatic carbocycles. The normalized spacial score (nSPS) is 20.0. The van der Waals surface area contributed by atoms with Crippen LogP contribution in [0.3, 0.4) is 0 Å². The van der Waals surface area contributed by atoms with Crippen LogP contribution in [-0.4, -0.2) is 53.0 Å². The third kappa shape index (κ3) is 7.90. The second kappa shape index (κ2) is 8.70. The van der Waals surface area contributed by atoms with E-state index in [1.54, 1.807) is 17.1 Å². The molecule has 25 heavy (non-hydrogen) atoms. The molecule has 0 unspecified atom stereocenters.